The largest absolute Gasteiger partial charge is 0.396 e. The Kier molecular flexibility index (Phi) is 7.59. The summed E-state index contributed by atoms with van der Waals surface area (Å²) in [6.07, 6.45) is 8.93. The highest BCUT2D eigenvalue weighted by Crippen LogP contribution is 2.13. The molecule has 0 spiro atoms. The van der Waals surface area contributed by atoms with Gasteiger partial charge in [0.15, 0.2) is 0 Å². The van der Waals surface area contributed by atoms with Crippen molar-refractivity contribution in [1.82, 2.24) is 0 Å². The van der Waals surface area contributed by atoms with Crippen molar-refractivity contribution in [2.45, 2.75) is 39.5 Å². The fourth-order valence-electron chi connectivity index (χ4n) is 1.23. The van der Waals surface area contributed by atoms with E-state index in [1.54, 1.807) is 0 Å². The Morgan fingerprint density at radius 3 is 2.55 bits per heavy atom. The first-order chi connectivity index (χ1) is 5.35. The van der Waals surface area contributed by atoms with Crippen molar-refractivity contribution in [3.8, 4) is 0 Å². The fourth-order valence-corrected chi connectivity index (χ4v) is 1.23. The van der Waals surface area contributed by atoms with Crippen LogP contribution < -0.4 is 0 Å². The van der Waals surface area contributed by atoms with Crippen molar-refractivity contribution in [2.75, 3.05) is 6.61 Å². The summed E-state index contributed by atoms with van der Waals surface area (Å²) in [5, 5.41) is 8.56. The minimum absolute atomic E-state index is 0.340. The summed E-state index contributed by atoms with van der Waals surface area (Å²) in [4.78, 5) is 0. The van der Waals surface area contributed by atoms with Crippen LogP contribution in [0.5, 0.6) is 0 Å². The molecule has 0 aromatic carbocycles. The van der Waals surface area contributed by atoms with E-state index in [0.717, 1.165) is 18.8 Å². The van der Waals surface area contributed by atoms with Gasteiger partial charge in [-0.25, -0.2) is 0 Å². The maximum Gasteiger partial charge on any atom is 0.0431 e. The lowest BCUT2D eigenvalue weighted by Crippen LogP contribution is -1.95. The van der Waals surface area contributed by atoms with Crippen molar-refractivity contribution in [3.63, 3.8) is 0 Å². The third-order valence-corrected chi connectivity index (χ3v) is 1.97. The molecule has 0 amide bonds. The van der Waals surface area contributed by atoms with Crippen molar-refractivity contribution in [1.29, 1.82) is 0 Å². The van der Waals surface area contributed by atoms with E-state index in [0.29, 0.717) is 6.61 Å². The first kappa shape index (κ1) is 10.7. The van der Waals surface area contributed by atoms with Crippen molar-refractivity contribution in [3.05, 3.63) is 12.2 Å². The molecule has 0 aliphatic rings. The minimum atomic E-state index is 0.340. The zero-order valence-corrected chi connectivity index (χ0v) is 7.71. The van der Waals surface area contributed by atoms with Crippen LogP contribution in [0.1, 0.15) is 39.5 Å². The molecular weight excluding hydrogens is 136 g/mol. The van der Waals surface area contributed by atoms with Crippen LogP contribution in [0, 0.1) is 5.92 Å². The van der Waals surface area contributed by atoms with Crippen LogP contribution >= 0.6 is 0 Å². The molecule has 1 unspecified atom stereocenters. The van der Waals surface area contributed by atoms with E-state index in [1.807, 2.05) is 0 Å². The Balaban J connectivity index is 3.36. The highest BCUT2D eigenvalue weighted by molar-refractivity contribution is 4.84. The molecule has 0 saturated heterocycles. The molecule has 0 radical (unpaired) electrons. The normalized spacial score (nSPS) is 14.1. The lowest BCUT2D eigenvalue weighted by atomic mass is 9.99. The molecule has 11 heavy (non-hydrogen) atoms. The van der Waals surface area contributed by atoms with Gasteiger partial charge in [0.1, 0.15) is 0 Å². The fraction of sp³-hybridized carbons (Fsp3) is 0.800. The van der Waals surface area contributed by atoms with Crippen LogP contribution in [0.4, 0.5) is 0 Å². The third kappa shape index (κ3) is 6.11. The molecule has 0 saturated carbocycles. The summed E-state index contributed by atoms with van der Waals surface area (Å²) >= 11 is 0. The maximum atomic E-state index is 8.56. The third-order valence-electron chi connectivity index (χ3n) is 1.97. The summed E-state index contributed by atoms with van der Waals surface area (Å²) in [5.41, 5.74) is 0. The molecule has 0 bridgehead atoms. The van der Waals surface area contributed by atoms with E-state index in [4.69, 9.17) is 5.11 Å². The molecule has 0 aliphatic heterocycles. The first-order valence-corrected chi connectivity index (χ1v) is 4.58. The van der Waals surface area contributed by atoms with E-state index >= 15 is 0 Å². The maximum absolute atomic E-state index is 8.56. The molecule has 1 atom stereocenters. The summed E-state index contributed by atoms with van der Waals surface area (Å²) in [6.45, 7) is 4.62. The van der Waals surface area contributed by atoms with Crippen molar-refractivity contribution in [2.24, 2.45) is 5.92 Å². The zero-order chi connectivity index (χ0) is 8.53. The van der Waals surface area contributed by atoms with Gasteiger partial charge in [0.2, 0.25) is 0 Å². The number of hydrogen-bond donors (Lipinski definition) is 1. The molecule has 1 heteroatoms. The van der Waals surface area contributed by atoms with E-state index in [2.05, 4.69) is 26.0 Å². The van der Waals surface area contributed by atoms with E-state index < -0.39 is 0 Å². The Morgan fingerprint density at radius 1 is 1.36 bits per heavy atom. The highest BCUT2D eigenvalue weighted by Gasteiger charge is 1.99. The number of aliphatic hydroxyl groups is 1. The second kappa shape index (κ2) is 7.80. The van der Waals surface area contributed by atoms with Crippen molar-refractivity contribution < 1.29 is 5.11 Å². The molecule has 1 nitrogen and oxygen atoms in total. The number of allylic oxidation sites excluding steroid dienone is 2. The SMILES string of the molecule is CC=CC(CC)CCCCO. The summed E-state index contributed by atoms with van der Waals surface area (Å²) < 4.78 is 0. The summed E-state index contributed by atoms with van der Waals surface area (Å²) in [7, 11) is 0. The second-order valence-corrected chi connectivity index (χ2v) is 2.91. The molecule has 0 aliphatic carbocycles. The lowest BCUT2D eigenvalue weighted by Gasteiger charge is -2.07. The van der Waals surface area contributed by atoms with Gasteiger partial charge in [-0.3, -0.25) is 0 Å². The molecule has 1 N–H and O–H groups in total. The van der Waals surface area contributed by atoms with Crippen LogP contribution in [-0.4, -0.2) is 11.7 Å². The van der Waals surface area contributed by atoms with Gasteiger partial charge < -0.3 is 5.11 Å². The monoisotopic (exact) mass is 156 g/mol. The Morgan fingerprint density at radius 2 is 2.09 bits per heavy atom. The predicted molar refractivity (Wildman–Crippen MR) is 49.5 cm³/mol. The second-order valence-electron chi connectivity index (χ2n) is 2.91. The number of hydrogen-bond acceptors (Lipinski definition) is 1. The molecule has 66 valence electrons. The van der Waals surface area contributed by atoms with Crippen LogP contribution in [0.2, 0.25) is 0 Å². The summed E-state index contributed by atoms with van der Waals surface area (Å²) in [5.74, 6) is 0.728. The van der Waals surface area contributed by atoms with Gasteiger partial charge in [-0.1, -0.05) is 25.5 Å². The first-order valence-electron chi connectivity index (χ1n) is 4.58. The standard InChI is InChI=1S/C10H20O/c1-3-7-10(4-2)8-5-6-9-11/h3,7,10-11H,4-6,8-9H2,1-2H3. The molecule has 0 rings (SSSR count). The Hall–Kier alpha value is -0.300. The minimum Gasteiger partial charge on any atom is -0.396 e. The topological polar surface area (TPSA) is 20.2 Å². The average molecular weight is 156 g/mol. The number of rotatable bonds is 6. The Bertz CT molecular complexity index is 97.0. The number of unbranched alkanes of at least 4 members (excludes halogenated alkanes) is 1. The average Bonchev–Trinajstić information content (AvgIpc) is 2.03. The van der Waals surface area contributed by atoms with Gasteiger partial charge in [-0.2, -0.15) is 0 Å². The van der Waals surface area contributed by atoms with Crippen LogP contribution in [-0.2, 0) is 0 Å². The molecule has 0 fully saturated rings. The summed E-state index contributed by atoms with van der Waals surface area (Å²) in [6, 6.07) is 0. The van der Waals surface area contributed by atoms with Crippen LogP contribution in [0.3, 0.4) is 0 Å². The predicted octanol–water partition coefficient (Wildman–Crippen LogP) is 2.75. The molecule has 0 aromatic heterocycles. The highest BCUT2D eigenvalue weighted by atomic mass is 16.2. The van der Waals surface area contributed by atoms with Crippen LogP contribution in [0.15, 0.2) is 12.2 Å². The van der Waals surface area contributed by atoms with Gasteiger partial charge in [0.25, 0.3) is 0 Å². The lowest BCUT2D eigenvalue weighted by molar-refractivity contribution is 0.280. The molecule has 0 aromatic rings. The zero-order valence-electron chi connectivity index (χ0n) is 7.71. The quantitative estimate of drug-likeness (QED) is 0.463. The number of aliphatic hydroxyl groups excluding tert-OH is 1. The van der Waals surface area contributed by atoms with E-state index in [1.165, 1.54) is 12.8 Å². The van der Waals surface area contributed by atoms with Gasteiger partial charge >= 0.3 is 0 Å². The van der Waals surface area contributed by atoms with Crippen LogP contribution in [0.25, 0.3) is 0 Å². The van der Waals surface area contributed by atoms with E-state index in [9.17, 15) is 0 Å². The van der Waals surface area contributed by atoms with Crippen molar-refractivity contribution >= 4 is 0 Å². The van der Waals surface area contributed by atoms with Gasteiger partial charge in [0.05, 0.1) is 0 Å². The van der Waals surface area contributed by atoms with Gasteiger partial charge in [-0.05, 0) is 32.1 Å². The molecular formula is C10H20O. The van der Waals surface area contributed by atoms with Gasteiger partial charge in [0, 0.05) is 6.61 Å². The smallest absolute Gasteiger partial charge is 0.0431 e. The van der Waals surface area contributed by atoms with Gasteiger partial charge in [-0.15, -0.1) is 0 Å². The van der Waals surface area contributed by atoms with E-state index in [-0.39, 0.29) is 0 Å². The Labute approximate surface area is 70.1 Å². The molecule has 0 heterocycles.